The zero-order chi connectivity index (χ0) is 16.5. The number of halogens is 1. The van der Waals surface area contributed by atoms with Gasteiger partial charge in [-0.1, -0.05) is 12.1 Å². The lowest BCUT2D eigenvalue weighted by molar-refractivity contribution is -0.115. The van der Waals surface area contributed by atoms with Crippen molar-refractivity contribution in [2.45, 2.75) is 13.0 Å². The number of hydrogen-bond donors (Lipinski definition) is 1. The third-order valence-electron chi connectivity index (χ3n) is 3.70. The molecule has 24 heavy (non-hydrogen) atoms. The van der Waals surface area contributed by atoms with Gasteiger partial charge in [-0.25, -0.2) is 0 Å². The van der Waals surface area contributed by atoms with Gasteiger partial charge in [-0.15, -0.1) is 10.2 Å². The number of fused-ring (bicyclic) bond motifs is 1. The van der Waals surface area contributed by atoms with E-state index >= 15 is 0 Å². The summed E-state index contributed by atoms with van der Waals surface area (Å²) in [6, 6.07) is 11.2. The first-order valence-corrected chi connectivity index (χ1v) is 8.20. The highest BCUT2D eigenvalue weighted by atomic mass is 79.9. The summed E-state index contributed by atoms with van der Waals surface area (Å²) in [5.74, 6) is 1.29. The molecule has 0 atom stereocenters. The molecule has 1 aliphatic heterocycles. The van der Waals surface area contributed by atoms with Crippen LogP contribution < -0.4 is 10.2 Å². The lowest BCUT2D eigenvalue weighted by Gasteiger charge is -2.22. The maximum atomic E-state index is 11.8. The number of nitrogens with zero attached hydrogens (tertiary/aromatic N) is 3. The van der Waals surface area contributed by atoms with Crippen LogP contribution in [0.5, 0.6) is 0 Å². The first-order chi connectivity index (χ1) is 11.7. The van der Waals surface area contributed by atoms with Crippen LogP contribution in [0.4, 0.5) is 11.4 Å². The largest absolute Gasteiger partial charge is 0.444 e. The van der Waals surface area contributed by atoms with Crippen LogP contribution in [-0.2, 0) is 11.3 Å². The second-order valence-electron chi connectivity index (χ2n) is 5.34. The third kappa shape index (κ3) is 2.92. The number of carbonyl (C=O) groups is 1. The molecule has 1 amide bonds. The van der Waals surface area contributed by atoms with E-state index < -0.39 is 0 Å². The average Bonchev–Trinajstić information content (AvgIpc) is 3.17. The Morgan fingerprint density at radius 1 is 1.17 bits per heavy atom. The third-order valence-corrected chi connectivity index (χ3v) is 4.13. The monoisotopic (exact) mass is 388 g/mol. The highest BCUT2D eigenvalue weighted by Crippen LogP contribution is 2.30. The van der Waals surface area contributed by atoms with Crippen LogP contribution in [0.1, 0.15) is 12.3 Å². The van der Waals surface area contributed by atoms with Gasteiger partial charge in [0.2, 0.25) is 11.8 Å². The summed E-state index contributed by atoms with van der Waals surface area (Å²) in [6.07, 6.45) is 0.404. The quantitative estimate of drug-likeness (QED) is 0.739. The molecule has 0 fully saturated rings. The molecule has 122 valence electrons. The molecule has 0 aliphatic carbocycles. The maximum absolute atomic E-state index is 11.8. The number of hydrogen-bond acceptors (Lipinski definition) is 6. The van der Waals surface area contributed by atoms with E-state index in [0.717, 1.165) is 11.4 Å². The zero-order valence-electron chi connectivity index (χ0n) is 12.5. The Labute approximate surface area is 145 Å². The van der Waals surface area contributed by atoms with E-state index in [4.69, 9.17) is 8.83 Å². The van der Waals surface area contributed by atoms with Gasteiger partial charge in [0.05, 0.1) is 17.9 Å². The van der Waals surface area contributed by atoms with Gasteiger partial charge in [0.1, 0.15) is 0 Å². The van der Waals surface area contributed by atoms with Gasteiger partial charge < -0.3 is 19.1 Å². The molecule has 7 nitrogen and oxygen atoms in total. The molecular formula is C16H13BrN4O3. The highest BCUT2D eigenvalue weighted by molar-refractivity contribution is 9.10. The fraction of sp³-hybridized carbons (Fsp3) is 0.188. The minimum atomic E-state index is -0.00314. The minimum Gasteiger partial charge on any atom is -0.444 e. The van der Waals surface area contributed by atoms with Crippen LogP contribution in [0.3, 0.4) is 0 Å². The SMILES string of the molecule is O=C1CCN(Cc2nnc(-c3ccc(Br)o3)o2)c2ccccc2N1. The van der Waals surface area contributed by atoms with Crippen LogP contribution in [0.25, 0.3) is 11.7 Å². The van der Waals surface area contributed by atoms with Crippen molar-refractivity contribution < 1.29 is 13.6 Å². The van der Waals surface area contributed by atoms with E-state index in [-0.39, 0.29) is 5.91 Å². The molecule has 2 aromatic heterocycles. The van der Waals surface area contributed by atoms with Crippen molar-refractivity contribution in [2.24, 2.45) is 0 Å². The van der Waals surface area contributed by atoms with Crippen LogP contribution in [0, 0.1) is 0 Å². The number of amides is 1. The van der Waals surface area contributed by atoms with Crippen molar-refractivity contribution in [1.29, 1.82) is 0 Å². The van der Waals surface area contributed by atoms with Crippen LogP contribution in [0.15, 0.2) is 49.9 Å². The van der Waals surface area contributed by atoms with Crippen molar-refractivity contribution in [2.75, 3.05) is 16.8 Å². The van der Waals surface area contributed by atoms with Gasteiger partial charge in [0.15, 0.2) is 10.4 Å². The summed E-state index contributed by atoms with van der Waals surface area (Å²) in [4.78, 5) is 13.9. The van der Waals surface area contributed by atoms with Crippen LogP contribution in [0.2, 0.25) is 0 Å². The van der Waals surface area contributed by atoms with Crippen molar-refractivity contribution in [3.05, 3.63) is 47.0 Å². The predicted molar refractivity (Wildman–Crippen MR) is 90.4 cm³/mol. The number of carbonyl (C=O) groups excluding carboxylic acids is 1. The van der Waals surface area contributed by atoms with E-state index in [9.17, 15) is 4.79 Å². The van der Waals surface area contributed by atoms with E-state index in [2.05, 4.69) is 31.4 Å². The van der Waals surface area contributed by atoms with Crippen LogP contribution in [-0.4, -0.2) is 22.6 Å². The number of benzene rings is 1. The van der Waals surface area contributed by atoms with Crippen molar-refractivity contribution in [3.63, 3.8) is 0 Å². The summed E-state index contributed by atoms with van der Waals surface area (Å²) < 4.78 is 11.7. The van der Waals surface area contributed by atoms with Crippen LogP contribution >= 0.6 is 15.9 Å². The maximum Gasteiger partial charge on any atom is 0.283 e. The molecule has 8 heteroatoms. The minimum absolute atomic E-state index is 0.00314. The Morgan fingerprint density at radius 2 is 2.04 bits per heavy atom. The Balaban J connectivity index is 1.59. The Kier molecular flexibility index (Phi) is 3.81. The van der Waals surface area contributed by atoms with Crippen molar-refractivity contribution in [3.8, 4) is 11.7 Å². The molecule has 0 radical (unpaired) electrons. The van der Waals surface area contributed by atoms with Gasteiger partial charge in [0.25, 0.3) is 5.89 Å². The fourth-order valence-electron chi connectivity index (χ4n) is 2.60. The number of aromatic nitrogens is 2. The van der Waals surface area contributed by atoms with E-state index in [1.165, 1.54) is 0 Å². The molecule has 1 aliphatic rings. The predicted octanol–water partition coefficient (Wildman–Crippen LogP) is 3.44. The number of nitrogens with one attached hydrogen (secondary N) is 1. The van der Waals surface area contributed by atoms with Crippen molar-refractivity contribution in [1.82, 2.24) is 10.2 Å². The topological polar surface area (TPSA) is 84.4 Å². The molecule has 4 rings (SSSR count). The second-order valence-corrected chi connectivity index (χ2v) is 6.12. The fourth-order valence-corrected chi connectivity index (χ4v) is 2.91. The van der Waals surface area contributed by atoms with Gasteiger partial charge in [-0.2, -0.15) is 0 Å². The molecule has 0 spiro atoms. The standard InChI is InChI=1S/C16H13BrN4O3/c17-13-6-5-12(23-13)16-20-19-15(24-16)9-21-8-7-14(22)18-10-3-1-2-4-11(10)21/h1-6H,7-9H2,(H,18,22). The van der Waals surface area contributed by atoms with Crippen molar-refractivity contribution >= 4 is 33.2 Å². The summed E-state index contributed by atoms with van der Waals surface area (Å²) in [5, 5.41) is 11.0. The smallest absolute Gasteiger partial charge is 0.283 e. The van der Waals surface area contributed by atoms with E-state index in [1.54, 1.807) is 12.1 Å². The second kappa shape index (κ2) is 6.12. The normalized spacial score (nSPS) is 14.2. The average molecular weight is 389 g/mol. The first-order valence-electron chi connectivity index (χ1n) is 7.41. The number of furan rings is 1. The summed E-state index contributed by atoms with van der Waals surface area (Å²) in [7, 11) is 0. The molecule has 3 aromatic rings. The summed E-state index contributed by atoms with van der Waals surface area (Å²) in [5.41, 5.74) is 1.72. The number of rotatable bonds is 3. The Morgan fingerprint density at radius 3 is 2.88 bits per heavy atom. The highest BCUT2D eigenvalue weighted by Gasteiger charge is 2.21. The Hall–Kier alpha value is -2.61. The van der Waals surface area contributed by atoms with Gasteiger partial charge in [-0.3, -0.25) is 4.79 Å². The van der Waals surface area contributed by atoms with Gasteiger partial charge in [-0.05, 0) is 40.2 Å². The molecule has 0 unspecified atom stereocenters. The molecule has 1 N–H and O–H groups in total. The Bertz CT molecular complexity index is 889. The van der Waals surface area contributed by atoms with E-state index in [0.29, 0.717) is 41.7 Å². The first kappa shape index (κ1) is 14.9. The molecule has 0 saturated carbocycles. The van der Waals surface area contributed by atoms with Gasteiger partial charge >= 0.3 is 0 Å². The lowest BCUT2D eigenvalue weighted by Crippen LogP contribution is -2.24. The molecule has 0 bridgehead atoms. The zero-order valence-corrected chi connectivity index (χ0v) is 14.1. The summed E-state index contributed by atoms with van der Waals surface area (Å²) >= 11 is 3.24. The number of anilines is 2. The molecule has 3 heterocycles. The molecule has 0 saturated heterocycles. The number of para-hydroxylation sites is 2. The lowest BCUT2D eigenvalue weighted by atomic mass is 10.2. The molecule has 1 aromatic carbocycles. The summed E-state index contributed by atoms with van der Waals surface area (Å²) in [6.45, 7) is 0.994. The molecular weight excluding hydrogens is 376 g/mol. The van der Waals surface area contributed by atoms with E-state index in [1.807, 2.05) is 29.2 Å². The van der Waals surface area contributed by atoms with Gasteiger partial charge in [0, 0.05) is 13.0 Å².